The summed E-state index contributed by atoms with van der Waals surface area (Å²) in [5, 5.41) is 1.34. The number of hydrogen-bond acceptors (Lipinski definition) is 8. The summed E-state index contributed by atoms with van der Waals surface area (Å²) in [6.45, 7) is 2.28. The first-order valence-electron chi connectivity index (χ1n) is 16.3. The molecule has 0 spiro atoms. The average Bonchev–Trinajstić information content (AvgIpc) is 3.57. The fraction of sp³-hybridized carbons (Fsp3) is 0.486. The first-order valence-corrected chi connectivity index (χ1v) is 16.3. The molecule has 3 aromatic carbocycles. The predicted octanol–water partition coefficient (Wildman–Crippen LogP) is 6.40. The van der Waals surface area contributed by atoms with Gasteiger partial charge in [-0.1, -0.05) is 19.1 Å². The van der Waals surface area contributed by atoms with Gasteiger partial charge in [0.25, 0.3) is 5.92 Å². The highest BCUT2D eigenvalue weighted by Crippen LogP contribution is 2.43. The number of nitrogens with zero attached hydrogens (tertiary/aromatic N) is 4. The molecule has 4 aromatic rings. The Hall–Kier alpha value is -3.81. The maximum Gasteiger partial charge on any atom is 0.319 e. The van der Waals surface area contributed by atoms with Gasteiger partial charge in [0.15, 0.2) is 12.6 Å². The quantitative estimate of drug-likeness (QED) is 0.162. The third kappa shape index (κ3) is 5.90. The summed E-state index contributed by atoms with van der Waals surface area (Å²) in [6.07, 6.45) is 0.780. The summed E-state index contributed by atoms with van der Waals surface area (Å²) < 4.78 is 93.1. The summed E-state index contributed by atoms with van der Waals surface area (Å²) in [5.41, 5.74) is 6.21. The number of nitrogens with two attached hydrogens (primary N) is 1. The summed E-state index contributed by atoms with van der Waals surface area (Å²) >= 11 is 0. The highest BCUT2D eigenvalue weighted by atomic mass is 19.3. The van der Waals surface area contributed by atoms with Gasteiger partial charge in [0.1, 0.15) is 35.7 Å². The van der Waals surface area contributed by atoms with Gasteiger partial charge < -0.3 is 24.8 Å². The first-order chi connectivity index (χ1) is 23.0. The summed E-state index contributed by atoms with van der Waals surface area (Å²) in [7, 11) is 1.48. The Labute approximate surface area is 275 Å². The van der Waals surface area contributed by atoms with Crippen molar-refractivity contribution in [3.63, 3.8) is 0 Å². The maximum absolute atomic E-state index is 17.0. The number of anilines is 1. The van der Waals surface area contributed by atoms with Gasteiger partial charge in [-0.2, -0.15) is 9.97 Å². The third-order valence-electron chi connectivity index (χ3n) is 9.86. The molecule has 0 unspecified atom stereocenters. The molecule has 3 aliphatic heterocycles. The van der Waals surface area contributed by atoms with Crippen molar-refractivity contribution in [3.8, 4) is 22.9 Å². The van der Waals surface area contributed by atoms with Gasteiger partial charge in [-0.15, -0.1) is 0 Å². The highest BCUT2D eigenvalue weighted by Gasteiger charge is 2.49. The standard InChI is InChI=1S/C35H38F5N5O3/c1-3-24-28(37)8-5-20-11-23(48-19-46-2)12-27(29(20)24)25-6-7-26-31(30(25)38)42-33(43-32(26)44-16-22(41)14-35(39,40)17-44)47-18-34-9-4-10-45(34)15-21(36)13-34/h5-8,11-12,21-22H,3-4,9-10,13-19,41H2,1-2H3/t21-,22-,34+/m1/s1. The van der Waals surface area contributed by atoms with Crippen LogP contribution in [0.1, 0.15) is 38.2 Å². The number of methoxy groups -OCH3 is 1. The number of halogens is 5. The van der Waals surface area contributed by atoms with Crippen LogP contribution in [0, 0.1) is 11.6 Å². The molecule has 3 aliphatic rings. The van der Waals surface area contributed by atoms with E-state index in [1.807, 2.05) is 6.92 Å². The summed E-state index contributed by atoms with van der Waals surface area (Å²) in [4.78, 5) is 12.4. The average molecular weight is 672 g/mol. The number of rotatable bonds is 9. The van der Waals surface area contributed by atoms with Gasteiger partial charge in [-0.3, -0.25) is 4.90 Å². The Balaban J connectivity index is 1.39. The number of fused-ring (bicyclic) bond motifs is 3. The molecule has 256 valence electrons. The fourth-order valence-corrected chi connectivity index (χ4v) is 7.84. The number of alkyl halides is 3. The number of aromatic nitrogens is 2. The minimum atomic E-state index is -3.10. The van der Waals surface area contributed by atoms with Crippen LogP contribution >= 0.6 is 0 Å². The van der Waals surface area contributed by atoms with E-state index in [-0.39, 0.29) is 48.2 Å². The largest absolute Gasteiger partial charge is 0.468 e. The lowest BCUT2D eigenvalue weighted by Crippen LogP contribution is -2.53. The monoisotopic (exact) mass is 671 g/mol. The zero-order valence-corrected chi connectivity index (χ0v) is 26.9. The van der Waals surface area contributed by atoms with E-state index < -0.39 is 48.3 Å². The van der Waals surface area contributed by atoms with Crippen molar-refractivity contribution >= 4 is 27.5 Å². The van der Waals surface area contributed by atoms with Gasteiger partial charge in [-0.25, -0.2) is 22.0 Å². The van der Waals surface area contributed by atoms with Crippen molar-refractivity contribution in [2.45, 2.75) is 62.7 Å². The highest BCUT2D eigenvalue weighted by molar-refractivity contribution is 6.03. The molecular formula is C35H38F5N5O3. The van der Waals surface area contributed by atoms with E-state index >= 15 is 8.78 Å². The Morgan fingerprint density at radius 3 is 2.62 bits per heavy atom. The molecule has 0 aliphatic carbocycles. The second kappa shape index (κ2) is 12.6. The molecule has 7 rings (SSSR count). The molecule has 48 heavy (non-hydrogen) atoms. The molecule has 0 radical (unpaired) electrons. The van der Waals surface area contributed by atoms with Crippen LogP contribution in [0.5, 0.6) is 11.8 Å². The first kappa shape index (κ1) is 32.7. The Morgan fingerprint density at radius 1 is 1.02 bits per heavy atom. The van der Waals surface area contributed by atoms with Gasteiger partial charge >= 0.3 is 6.01 Å². The number of benzene rings is 3. The van der Waals surface area contributed by atoms with Crippen molar-refractivity contribution in [3.05, 3.63) is 53.6 Å². The van der Waals surface area contributed by atoms with E-state index in [9.17, 15) is 13.2 Å². The van der Waals surface area contributed by atoms with Crippen LogP contribution in [0.3, 0.4) is 0 Å². The van der Waals surface area contributed by atoms with Gasteiger partial charge in [-0.05, 0) is 72.0 Å². The maximum atomic E-state index is 17.0. The molecular weight excluding hydrogens is 633 g/mol. The molecule has 3 fully saturated rings. The Kier molecular flexibility index (Phi) is 8.57. The normalized spacial score (nSPS) is 24.0. The zero-order valence-electron chi connectivity index (χ0n) is 26.9. The Bertz CT molecular complexity index is 1860. The summed E-state index contributed by atoms with van der Waals surface area (Å²) in [6, 6.07) is 8.37. The lowest BCUT2D eigenvalue weighted by molar-refractivity contribution is -0.0173. The van der Waals surface area contributed by atoms with Crippen LogP contribution in [-0.2, 0) is 11.2 Å². The van der Waals surface area contributed by atoms with Gasteiger partial charge in [0, 0.05) is 50.0 Å². The fourth-order valence-electron chi connectivity index (χ4n) is 7.84. The molecule has 13 heteroatoms. The van der Waals surface area contributed by atoms with E-state index in [1.54, 1.807) is 24.3 Å². The van der Waals surface area contributed by atoms with E-state index in [1.165, 1.54) is 24.1 Å². The molecule has 3 atom stereocenters. The van der Waals surface area contributed by atoms with E-state index in [4.69, 9.17) is 19.9 Å². The van der Waals surface area contributed by atoms with Crippen LogP contribution in [0.25, 0.3) is 32.8 Å². The second-order valence-electron chi connectivity index (χ2n) is 13.2. The number of hydrogen-bond donors (Lipinski definition) is 1. The van der Waals surface area contributed by atoms with Gasteiger partial charge in [0.05, 0.1) is 12.1 Å². The molecule has 0 amide bonds. The van der Waals surface area contributed by atoms with Crippen LogP contribution in [0.2, 0.25) is 0 Å². The lowest BCUT2D eigenvalue weighted by Gasteiger charge is -2.37. The molecule has 3 saturated heterocycles. The third-order valence-corrected chi connectivity index (χ3v) is 9.86. The molecule has 0 saturated carbocycles. The summed E-state index contributed by atoms with van der Waals surface area (Å²) in [5.74, 6) is -3.85. The Morgan fingerprint density at radius 2 is 1.85 bits per heavy atom. The van der Waals surface area contributed by atoms with Gasteiger partial charge in [0.2, 0.25) is 0 Å². The number of piperidine rings is 1. The van der Waals surface area contributed by atoms with Crippen LogP contribution in [0.15, 0.2) is 36.4 Å². The zero-order chi connectivity index (χ0) is 33.8. The minimum absolute atomic E-state index is 0.0606. The van der Waals surface area contributed by atoms with Crippen LogP contribution < -0.4 is 20.1 Å². The predicted molar refractivity (Wildman–Crippen MR) is 173 cm³/mol. The SMILES string of the molecule is CCc1c(F)ccc2cc(OCOC)cc(-c3ccc4c(N5C[C@H](N)CC(F)(F)C5)nc(OC[C@@]56CCCN5C[C@H](F)C6)nc4c3F)c12. The lowest BCUT2D eigenvalue weighted by atomic mass is 9.92. The smallest absolute Gasteiger partial charge is 0.319 e. The number of ether oxygens (including phenoxy) is 3. The number of aryl methyl sites for hydroxylation is 1. The van der Waals surface area contributed by atoms with Crippen molar-refractivity contribution in [1.29, 1.82) is 0 Å². The van der Waals surface area contributed by atoms with E-state index in [0.717, 1.165) is 19.4 Å². The van der Waals surface area contributed by atoms with Crippen LogP contribution in [-0.4, -0.2) is 85.2 Å². The van der Waals surface area contributed by atoms with Crippen molar-refractivity contribution in [2.75, 3.05) is 51.6 Å². The minimum Gasteiger partial charge on any atom is -0.468 e. The topological polar surface area (TPSA) is 86.0 Å². The molecule has 4 heterocycles. The van der Waals surface area contributed by atoms with E-state index in [2.05, 4.69) is 14.9 Å². The van der Waals surface area contributed by atoms with Crippen molar-refractivity contribution in [1.82, 2.24) is 14.9 Å². The second-order valence-corrected chi connectivity index (χ2v) is 13.2. The molecule has 1 aromatic heterocycles. The molecule has 0 bridgehead atoms. The van der Waals surface area contributed by atoms with Crippen LogP contribution in [0.4, 0.5) is 27.8 Å². The molecule has 2 N–H and O–H groups in total. The molecule has 8 nitrogen and oxygen atoms in total. The van der Waals surface area contributed by atoms with Crippen molar-refractivity contribution in [2.24, 2.45) is 5.73 Å². The van der Waals surface area contributed by atoms with Crippen molar-refractivity contribution < 1.29 is 36.2 Å². The van der Waals surface area contributed by atoms with E-state index in [0.29, 0.717) is 47.0 Å².